The highest BCUT2D eigenvalue weighted by atomic mass is 32.2. The van der Waals surface area contributed by atoms with Gasteiger partial charge in [0, 0.05) is 17.8 Å². The van der Waals surface area contributed by atoms with E-state index in [1.807, 2.05) is 44.2 Å². The SMILES string of the molecule is CCN(C(=O)CSc1nc(-c2ccc(C)cc2)cc(C(F)(F)F)n1)c1ccccc1. The molecule has 8 heteroatoms. The van der Waals surface area contributed by atoms with E-state index in [0.29, 0.717) is 12.1 Å². The van der Waals surface area contributed by atoms with Crippen molar-refractivity contribution >= 4 is 23.4 Å². The molecule has 3 aromatic rings. The zero-order valence-electron chi connectivity index (χ0n) is 16.5. The Kier molecular flexibility index (Phi) is 6.77. The largest absolute Gasteiger partial charge is 0.433 e. The molecule has 3 rings (SSSR count). The molecule has 0 saturated heterocycles. The smallest absolute Gasteiger partial charge is 0.312 e. The minimum Gasteiger partial charge on any atom is -0.312 e. The number of rotatable bonds is 6. The second-order valence-corrected chi connectivity index (χ2v) is 7.49. The first kappa shape index (κ1) is 21.8. The minimum absolute atomic E-state index is 0.0720. The van der Waals surface area contributed by atoms with E-state index in [4.69, 9.17) is 0 Å². The number of aryl methyl sites for hydroxylation is 1. The lowest BCUT2D eigenvalue weighted by Crippen LogP contribution is -2.32. The summed E-state index contributed by atoms with van der Waals surface area (Å²) in [4.78, 5) is 22.1. The lowest BCUT2D eigenvalue weighted by Gasteiger charge is -2.20. The fourth-order valence-corrected chi connectivity index (χ4v) is 3.56. The Balaban J connectivity index is 1.85. The molecule has 0 aliphatic rings. The molecule has 1 heterocycles. The molecule has 0 spiro atoms. The van der Waals surface area contributed by atoms with Crippen LogP contribution >= 0.6 is 11.8 Å². The molecular weight excluding hydrogens is 411 g/mol. The standard InChI is InChI=1S/C22H20F3N3OS/c1-3-28(17-7-5-4-6-8-17)20(29)14-30-21-26-18(13-19(27-21)22(23,24)25)16-11-9-15(2)10-12-16/h4-13H,3,14H2,1-2H3. The van der Waals surface area contributed by atoms with Gasteiger partial charge in [0.25, 0.3) is 0 Å². The highest BCUT2D eigenvalue weighted by Crippen LogP contribution is 2.32. The second kappa shape index (κ2) is 9.30. The van der Waals surface area contributed by atoms with Gasteiger partial charge in [-0.3, -0.25) is 4.79 Å². The predicted molar refractivity (Wildman–Crippen MR) is 112 cm³/mol. The number of hydrogen-bond donors (Lipinski definition) is 0. The summed E-state index contributed by atoms with van der Waals surface area (Å²) in [5.74, 6) is -0.302. The predicted octanol–water partition coefficient (Wildman–Crippen LogP) is 5.62. The number of halogens is 3. The molecule has 0 unspecified atom stereocenters. The number of benzene rings is 2. The van der Waals surface area contributed by atoms with E-state index < -0.39 is 11.9 Å². The maximum atomic E-state index is 13.4. The first-order valence-corrected chi connectivity index (χ1v) is 10.3. The number of anilines is 1. The van der Waals surface area contributed by atoms with Crippen LogP contribution in [0, 0.1) is 6.92 Å². The van der Waals surface area contributed by atoms with Crippen molar-refractivity contribution in [2.45, 2.75) is 25.2 Å². The Morgan fingerprint density at radius 1 is 1.03 bits per heavy atom. The summed E-state index contributed by atoms with van der Waals surface area (Å²) in [7, 11) is 0. The van der Waals surface area contributed by atoms with Crippen molar-refractivity contribution in [2.75, 3.05) is 17.2 Å². The van der Waals surface area contributed by atoms with Gasteiger partial charge < -0.3 is 4.90 Å². The highest BCUT2D eigenvalue weighted by Gasteiger charge is 2.34. The summed E-state index contributed by atoms with van der Waals surface area (Å²) in [5, 5.41) is -0.0853. The summed E-state index contributed by atoms with van der Waals surface area (Å²) >= 11 is 0.896. The normalized spacial score (nSPS) is 11.4. The molecule has 156 valence electrons. The number of carbonyl (C=O) groups excluding carboxylic acids is 1. The van der Waals surface area contributed by atoms with Crippen molar-refractivity contribution < 1.29 is 18.0 Å². The van der Waals surface area contributed by atoms with Crippen LogP contribution in [0.1, 0.15) is 18.2 Å². The molecule has 4 nitrogen and oxygen atoms in total. The molecule has 0 saturated carbocycles. The Morgan fingerprint density at radius 3 is 2.30 bits per heavy atom. The van der Waals surface area contributed by atoms with Gasteiger partial charge in [-0.05, 0) is 32.0 Å². The van der Waals surface area contributed by atoms with Crippen molar-refractivity contribution in [3.8, 4) is 11.3 Å². The van der Waals surface area contributed by atoms with Gasteiger partial charge in [0.2, 0.25) is 5.91 Å². The Hall–Kier alpha value is -2.87. The van der Waals surface area contributed by atoms with E-state index in [0.717, 1.165) is 29.1 Å². The molecule has 0 atom stereocenters. The third kappa shape index (κ3) is 5.38. The van der Waals surface area contributed by atoms with E-state index >= 15 is 0 Å². The van der Waals surface area contributed by atoms with Gasteiger partial charge in [-0.15, -0.1) is 0 Å². The third-order valence-corrected chi connectivity index (χ3v) is 5.19. The van der Waals surface area contributed by atoms with Crippen LogP contribution in [0.2, 0.25) is 0 Å². The Labute approximate surface area is 177 Å². The zero-order chi connectivity index (χ0) is 21.7. The van der Waals surface area contributed by atoms with Crippen molar-refractivity contribution in [3.05, 3.63) is 71.9 Å². The molecule has 1 aromatic heterocycles. The van der Waals surface area contributed by atoms with Crippen LogP contribution in [0.5, 0.6) is 0 Å². The Bertz CT molecular complexity index is 1010. The van der Waals surface area contributed by atoms with Gasteiger partial charge in [0.05, 0.1) is 11.4 Å². The summed E-state index contributed by atoms with van der Waals surface area (Å²) < 4.78 is 40.1. The molecule has 0 aliphatic carbocycles. The number of aromatic nitrogens is 2. The summed E-state index contributed by atoms with van der Waals surface area (Å²) in [5.41, 5.74) is 1.42. The van der Waals surface area contributed by atoms with E-state index in [1.165, 1.54) is 0 Å². The lowest BCUT2D eigenvalue weighted by molar-refractivity contribution is -0.141. The average Bonchev–Trinajstić information content (AvgIpc) is 2.73. The van der Waals surface area contributed by atoms with Gasteiger partial charge >= 0.3 is 6.18 Å². The van der Waals surface area contributed by atoms with Crippen LogP contribution in [0.3, 0.4) is 0 Å². The molecule has 30 heavy (non-hydrogen) atoms. The van der Waals surface area contributed by atoms with Crippen molar-refractivity contribution in [1.82, 2.24) is 9.97 Å². The average molecular weight is 431 g/mol. The lowest BCUT2D eigenvalue weighted by atomic mass is 10.1. The molecule has 0 radical (unpaired) electrons. The number of para-hydroxylation sites is 1. The van der Waals surface area contributed by atoms with Crippen molar-refractivity contribution in [3.63, 3.8) is 0 Å². The molecular formula is C22H20F3N3OS. The molecule has 0 N–H and O–H groups in total. The molecule has 1 amide bonds. The summed E-state index contributed by atoms with van der Waals surface area (Å²) in [6.45, 7) is 4.18. The number of carbonyl (C=O) groups is 1. The van der Waals surface area contributed by atoms with E-state index in [1.54, 1.807) is 29.2 Å². The van der Waals surface area contributed by atoms with Gasteiger partial charge in [-0.1, -0.05) is 59.8 Å². The number of alkyl halides is 3. The molecule has 2 aromatic carbocycles. The molecule has 0 fully saturated rings. The van der Waals surface area contributed by atoms with Crippen LogP contribution in [-0.4, -0.2) is 28.2 Å². The van der Waals surface area contributed by atoms with Gasteiger partial charge in [0.1, 0.15) is 5.69 Å². The monoisotopic (exact) mass is 431 g/mol. The van der Waals surface area contributed by atoms with Gasteiger partial charge in [0.15, 0.2) is 5.16 Å². The highest BCUT2D eigenvalue weighted by molar-refractivity contribution is 7.99. The van der Waals surface area contributed by atoms with Crippen LogP contribution < -0.4 is 4.90 Å². The van der Waals surface area contributed by atoms with Crippen LogP contribution in [0.4, 0.5) is 18.9 Å². The number of amides is 1. The topological polar surface area (TPSA) is 46.1 Å². The summed E-state index contributed by atoms with van der Waals surface area (Å²) in [6, 6.07) is 17.1. The minimum atomic E-state index is -4.61. The molecule has 0 aliphatic heterocycles. The van der Waals surface area contributed by atoms with Crippen molar-refractivity contribution in [1.29, 1.82) is 0 Å². The van der Waals surface area contributed by atoms with Gasteiger partial charge in [-0.2, -0.15) is 13.2 Å². The Morgan fingerprint density at radius 2 is 1.70 bits per heavy atom. The summed E-state index contributed by atoms with van der Waals surface area (Å²) in [6.07, 6.45) is -4.61. The fraction of sp³-hybridized carbons (Fsp3) is 0.227. The van der Waals surface area contributed by atoms with Crippen LogP contribution in [0.15, 0.2) is 65.8 Å². The number of hydrogen-bond acceptors (Lipinski definition) is 4. The van der Waals surface area contributed by atoms with Crippen LogP contribution in [0.25, 0.3) is 11.3 Å². The first-order chi connectivity index (χ1) is 14.3. The first-order valence-electron chi connectivity index (χ1n) is 9.29. The fourth-order valence-electron chi connectivity index (χ4n) is 2.82. The maximum Gasteiger partial charge on any atom is 0.433 e. The quantitative estimate of drug-likeness (QED) is 0.376. The van der Waals surface area contributed by atoms with Crippen molar-refractivity contribution in [2.24, 2.45) is 0 Å². The van der Waals surface area contributed by atoms with E-state index in [9.17, 15) is 18.0 Å². The zero-order valence-corrected chi connectivity index (χ0v) is 17.3. The number of thioether (sulfide) groups is 1. The van der Waals surface area contributed by atoms with Crippen LogP contribution in [-0.2, 0) is 11.0 Å². The van der Waals surface area contributed by atoms with E-state index in [-0.39, 0.29) is 22.5 Å². The number of nitrogens with zero attached hydrogens (tertiary/aromatic N) is 3. The second-order valence-electron chi connectivity index (χ2n) is 6.55. The maximum absolute atomic E-state index is 13.4. The molecule has 0 bridgehead atoms. The van der Waals surface area contributed by atoms with Gasteiger partial charge in [-0.25, -0.2) is 9.97 Å². The van der Waals surface area contributed by atoms with E-state index in [2.05, 4.69) is 9.97 Å². The third-order valence-electron chi connectivity index (χ3n) is 4.35.